The van der Waals surface area contributed by atoms with Gasteiger partial charge in [-0.05, 0) is 31.4 Å². The van der Waals surface area contributed by atoms with Crippen LogP contribution in [-0.4, -0.2) is 91.2 Å². The van der Waals surface area contributed by atoms with E-state index in [4.69, 9.17) is 16.7 Å². The van der Waals surface area contributed by atoms with Crippen LogP contribution in [0, 0.1) is 22.7 Å². The van der Waals surface area contributed by atoms with Gasteiger partial charge >= 0.3 is 6.09 Å². The summed E-state index contributed by atoms with van der Waals surface area (Å²) in [6.07, 6.45) is 2.09. The van der Waals surface area contributed by atoms with Gasteiger partial charge in [0.25, 0.3) is 0 Å². The number of nitriles is 2. The maximum absolute atomic E-state index is 10.9. The first kappa shape index (κ1) is 25.9. The zero-order chi connectivity index (χ0) is 28.0. The number of nitrogens with zero attached hydrogens (tertiary/aromatic N) is 8. The van der Waals surface area contributed by atoms with E-state index in [1.54, 1.807) is 12.1 Å². The summed E-state index contributed by atoms with van der Waals surface area (Å²) >= 11 is 6.84. The van der Waals surface area contributed by atoms with Crippen molar-refractivity contribution in [3.8, 4) is 12.1 Å². The lowest BCUT2D eigenvalue weighted by Gasteiger charge is -2.49. The number of imidazole rings is 1. The van der Waals surface area contributed by atoms with Crippen molar-refractivity contribution in [1.82, 2.24) is 29.8 Å². The molecule has 3 aliphatic rings. The first-order valence-electron chi connectivity index (χ1n) is 12.9. The van der Waals surface area contributed by atoms with Gasteiger partial charge in [0.05, 0.1) is 46.4 Å². The second-order valence-corrected chi connectivity index (χ2v) is 10.6. The minimum atomic E-state index is -1.14. The SMILES string of the molecule is N#Cc1cc(Nc2nc(NC3CC3)c3ncc(C#N)n3n2)c(Cl)c(N2CC(N3CC[C@H](NC(=O)O)[C@H](O)C3)C2)c1. The Morgan fingerprint density at radius 3 is 2.62 bits per heavy atom. The Labute approximate surface area is 233 Å². The Kier molecular flexibility index (Phi) is 6.67. The lowest BCUT2D eigenvalue weighted by atomic mass is 9.97. The highest BCUT2D eigenvalue weighted by molar-refractivity contribution is 6.36. The number of fused-ring (bicyclic) bond motifs is 1. The van der Waals surface area contributed by atoms with Gasteiger partial charge < -0.3 is 31.1 Å². The van der Waals surface area contributed by atoms with Gasteiger partial charge in [-0.15, -0.1) is 5.10 Å². The van der Waals surface area contributed by atoms with Gasteiger partial charge in [-0.2, -0.15) is 20.0 Å². The minimum absolute atomic E-state index is 0.158. The van der Waals surface area contributed by atoms with Gasteiger partial charge in [0.2, 0.25) is 5.95 Å². The third kappa shape index (κ3) is 5.00. The van der Waals surface area contributed by atoms with E-state index in [1.807, 2.05) is 0 Å². The predicted molar refractivity (Wildman–Crippen MR) is 145 cm³/mol. The Morgan fingerprint density at radius 1 is 1.15 bits per heavy atom. The number of rotatable bonds is 7. The normalized spacial score (nSPS) is 21.4. The number of aliphatic hydroxyl groups excluding tert-OH is 1. The fraction of sp³-hybridized carbons (Fsp3) is 0.440. The molecule has 2 aliphatic heterocycles. The van der Waals surface area contributed by atoms with Gasteiger partial charge in [0.15, 0.2) is 17.2 Å². The van der Waals surface area contributed by atoms with Crippen molar-refractivity contribution < 1.29 is 15.0 Å². The molecule has 2 saturated heterocycles. The lowest BCUT2D eigenvalue weighted by Crippen LogP contribution is -2.64. The smallest absolute Gasteiger partial charge is 0.404 e. The van der Waals surface area contributed by atoms with Crippen molar-refractivity contribution in [1.29, 1.82) is 10.5 Å². The summed E-state index contributed by atoms with van der Waals surface area (Å²) in [6, 6.07) is 7.59. The summed E-state index contributed by atoms with van der Waals surface area (Å²) in [5, 5.41) is 52.2. The highest BCUT2D eigenvalue weighted by Crippen LogP contribution is 2.39. The molecule has 6 rings (SSSR count). The van der Waals surface area contributed by atoms with E-state index in [9.17, 15) is 20.4 Å². The number of amides is 1. The van der Waals surface area contributed by atoms with Crippen LogP contribution >= 0.6 is 11.6 Å². The molecule has 15 heteroatoms. The standard InChI is InChI=1S/C25H26ClN11O3/c26-21-18(31-24-33-22(30-14-1-2-14)23-29-9-15(8-28)37(23)34-24)5-13(7-27)6-19(21)36-10-16(11-36)35-4-3-17(20(38)12-35)32-25(39)40/h5-6,9,14,16-17,20,32,38H,1-4,10-12H2,(H,39,40)(H2,30,31,33,34)/t17-,20+/m0/s1. The molecule has 1 aromatic carbocycles. The largest absolute Gasteiger partial charge is 0.465 e. The Bertz CT molecular complexity index is 1550. The van der Waals surface area contributed by atoms with Crippen LogP contribution in [0.1, 0.15) is 30.5 Å². The van der Waals surface area contributed by atoms with Crippen molar-refractivity contribution in [2.24, 2.45) is 0 Å². The second-order valence-electron chi connectivity index (χ2n) is 10.3. The number of anilines is 4. The molecule has 0 radical (unpaired) electrons. The number of carboxylic acid groups (broad SMARTS) is 1. The minimum Gasteiger partial charge on any atom is -0.465 e. The molecule has 1 saturated carbocycles. The molecule has 3 fully saturated rings. The van der Waals surface area contributed by atoms with Crippen molar-refractivity contribution >= 4 is 46.5 Å². The summed E-state index contributed by atoms with van der Waals surface area (Å²) in [4.78, 5) is 24.0. The van der Waals surface area contributed by atoms with Crippen molar-refractivity contribution in [3.05, 3.63) is 34.6 Å². The number of likely N-dealkylation sites (tertiary alicyclic amines) is 1. The molecule has 2 atom stereocenters. The number of benzene rings is 1. The van der Waals surface area contributed by atoms with Crippen LogP contribution in [0.4, 0.5) is 27.9 Å². The maximum atomic E-state index is 10.9. The number of hydrogen-bond donors (Lipinski definition) is 5. The molecule has 4 heterocycles. The third-order valence-corrected chi connectivity index (χ3v) is 7.86. The Morgan fingerprint density at radius 2 is 1.95 bits per heavy atom. The molecule has 14 nitrogen and oxygen atoms in total. The first-order chi connectivity index (χ1) is 19.3. The molecule has 3 aromatic rings. The molecule has 1 amide bonds. The van der Waals surface area contributed by atoms with E-state index < -0.39 is 18.2 Å². The Hall–Kier alpha value is -4.37. The average molecular weight is 564 g/mol. The molecular formula is C25H26ClN11O3. The summed E-state index contributed by atoms with van der Waals surface area (Å²) < 4.78 is 1.42. The number of carbonyl (C=O) groups is 1. The Balaban J connectivity index is 1.21. The second kappa shape index (κ2) is 10.3. The number of halogens is 1. The number of piperidine rings is 1. The van der Waals surface area contributed by atoms with Crippen LogP contribution in [0.15, 0.2) is 18.3 Å². The van der Waals surface area contributed by atoms with Crippen LogP contribution in [0.25, 0.3) is 5.65 Å². The third-order valence-electron chi connectivity index (χ3n) is 7.47. The van der Waals surface area contributed by atoms with E-state index in [0.29, 0.717) is 72.1 Å². The van der Waals surface area contributed by atoms with Crippen LogP contribution in [0.3, 0.4) is 0 Å². The van der Waals surface area contributed by atoms with Crippen LogP contribution < -0.4 is 20.9 Å². The molecule has 206 valence electrons. The molecule has 2 aromatic heterocycles. The van der Waals surface area contributed by atoms with Gasteiger partial charge in [0, 0.05) is 38.3 Å². The van der Waals surface area contributed by atoms with Crippen LogP contribution in [0.2, 0.25) is 5.02 Å². The van der Waals surface area contributed by atoms with Crippen molar-refractivity contribution in [3.63, 3.8) is 0 Å². The quantitative estimate of drug-likeness (QED) is 0.280. The number of hydrogen-bond acceptors (Lipinski definition) is 11. The van der Waals surface area contributed by atoms with E-state index in [0.717, 1.165) is 12.8 Å². The summed E-state index contributed by atoms with van der Waals surface area (Å²) in [5.41, 5.74) is 2.24. The topological polar surface area (TPSA) is 191 Å². The summed E-state index contributed by atoms with van der Waals surface area (Å²) in [5.74, 6) is 0.700. The maximum Gasteiger partial charge on any atom is 0.404 e. The number of aliphatic hydroxyl groups is 1. The summed E-state index contributed by atoms with van der Waals surface area (Å²) in [6.45, 7) is 2.31. The monoisotopic (exact) mass is 563 g/mol. The van der Waals surface area contributed by atoms with E-state index in [-0.39, 0.29) is 17.7 Å². The molecule has 0 unspecified atom stereocenters. The number of β-amino-alcohol motifs (C(OH)–C–C–N with tert-alkyl or cyclic N) is 1. The zero-order valence-corrected chi connectivity index (χ0v) is 22.0. The van der Waals surface area contributed by atoms with Crippen LogP contribution in [0.5, 0.6) is 0 Å². The van der Waals surface area contributed by atoms with Crippen molar-refractivity contribution in [2.75, 3.05) is 41.7 Å². The average Bonchev–Trinajstić information content (AvgIpc) is 3.62. The number of aromatic nitrogens is 4. The first-order valence-corrected chi connectivity index (χ1v) is 13.3. The lowest BCUT2D eigenvalue weighted by molar-refractivity contribution is 0.0154. The van der Waals surface area contributed by atoms with Gasteiger partial charge in [-0.1, -0.05) is 11.6 Å². The molecular weight excluding hydrogens is 538 g/mol. The fourth-order valence-electron chi connectivity index (χ4n) is 5.14. The highest BCUT2D eigenvalue weighted by atomic mass is 35.5. The molecule has 0 bridgehead atoms. The molecule has 1 aliphatic carbocycles. The molecule has 40 heavy (non-hydrogen) atoms. The van der Waals surface area contributed by atoms with E-state index >= 15 is 0 Å². The fourth-order valence-corrected chi connectivity index (χ4v) is 5.42. The number of nitrogens with one attached hydrogen (secondary N) is 3. The zero-order valence-electron chi connectivity index (χ0n) is 21.2. The van der Waals surface area contributed by atoms with Gasteiger partial charge in [-0.25, -0.2) is 9.78 Å². The van der Waals surface area contributed by atoms with E-state index in [2.05, 4.69) is 53.0 Å². The summed E-state index contributed by atoms with van der Waals surface area (Å²) in [7, 11) is 0. The van der Waals surface area contributed by atoms with E-state index in [1.165, 1.54) is 10.7 Å². The predicted octanol–water partition coefficient (Wildman–Crippen LogP) is 1.73. The van der Waals surface area contributed by atoms with Crippen molar-refractivity contribution in [2.45, 2.75) is 43.5 Å². The molecule has 5 N–H and O–H groups in total. The molecule has 0 spiro atoms. The van der Waals surface area contributed by atoms with Crippen LogP contribution in [-0.2, 0) is 0 Å². The highest BCUT2D eigenvalue weighted by Gasteiger charge is 2.38. The van der Waals surface area contributed by atoms with Gasteiger partial charge in [0.1, 0.15) is 6.07 Å². The van der Waals surface area contributed by atoms with Gasteiger partial charge in [-0.3, -0.25) is 4.90 Å².